The van der Waals surface area contributed by atoms with E-state index >= 15 is 0 Å². The number of β-amino-alcohol motifs (C(OH)–C–C–N with tert-alkyl or cyclic N) is 1. The van der Waals surface area contributed by atoms with E-state index in [1.54, 1.807) is 0 Å². The molecule has 2 heterocycles. The standard InChI is InChI=1S/C14H19N3O2S/c1-3-10-5-6-12-11(7-10)15-14(20-12)17(19)9-16(4-2)8-13(17)18/h5-7,13,18H,3-4,8-9H2,1-2H3. The number of likely N-dealkylation sites (N-methyl/N-ethyl adjacent to an activating group) is 1. The molecule has 0 amide bonds. The molecule has 1 aliphatic rings. The van der Waals surface area contributed by atoms with Gasteiger partial charge in [0.15, 0.2) is 0 Å². The van der Waals surface area contributed by atoms with E-state index in [2.05, 4.69) is 18.0 Å². The fourth-order valence-corrected chi connectivity index (χ4v) is 3.59. The highest BCUT2D eigenvalue weighted by atomic mass is 32.1. The molecule has 1 aromatic heterocycles. The average molecular weight is 293 g/mol. The molecule has 2 atom stereocenters. The van der Waals surface area contributed by atoms with Crippen LogP contribution in [0.3, 0.4) is 0 Å². The van der Waals surface area contributed by atoms with Crippen LogP contribution in [0.5, 0.6) is 0 Å². The summed E-state index contributed by atoms with van der Waals surface area (Å²) in [6.07, 6.45) is 0.00743. The van der Waals surface area contributed by atoms with Gasteiger partial charge in [-0.3, -0.25) is 4.65 Å². The molecule has 108 valence electrons. The maximum atomic E-state index is 12.9. The topological polar surface area (TPSA) is 59.4 Å². The third-order valence-electron chi connectivity index (χ3n) is 3.93. The fraction of sp³-hybridized carbons (Fsp3) is 0.500. The Morgan fingerprint density at radius 2 is 2.30 bits per heavy atom. The Kier molecular flexibility index (Phi) is 3.51. The summed E-state index contributed by atoms with van der Waals surface area (Å²) in [6, 6.07) is 6.11. The van der Waals surface area contributed by atoms with E-state index in [1.165, 1.54) is 16.9 Å². The summed E-state index contributed by atoms with van der Waals surface area (Å²) in [7, 11) is 0. The van der Waals surface area contributed by atoms with Crippen LogP contribution in [0.25, 0.3) is 10.2 Å². The smallest absolute Gasteiger partial charge is 0.290 e. The maximum Gasteiger partial charge on any atom is 0.290 e. The van der Waals surface area contributed by atoms with E-state index in [-0.39, 0.29) is 6.67 Å². The molecular formula is C14H19N3O2S. The third kappa shape index (κ3) is 2.13. The van der Waals surface area contributed by atoms with Crippen LogP contribution in [0.4, 0.5) is 5.13 Å². The van der Waals surface area contributed by atoms with Gasteiger partial charge in [-0.1, -0.05) is 31.3 Å². The molecule has 5 nitrogen and oxygen atoms in total. The van der Waals surface area contributed by atoms with E-state index in [1.807, 2.05) is 24.0 Å². The van der Waals surface area contributed by atoms with E-state index in [4.69, 9.17) is 0 Å². The molecule has 1 aliphatic heterocycles. The summed E-state index contributed by atoms with van der Waals surface area (Å²) >= 11 is 1.39. The zero-order valence-electron chi connectivity index (χ0n) is 11.7. The molecule has 6 heteroatoms. The molecule has 3 rings (SSSR count). The Hall–Kier alpha value is -1.05. The highest BCUT2D eigenvalue weighted by Gasteiger charge is 2.41. The lowest BCUT2D eigenvalue weighted by Crippen LogP contribution is -2.48. The molecule has 1 fully saturated rings. The molecule has 0 radical (unpaired) electrons. The Bertz CT molecular complexity index is 630. The Morgan fingerprint density at radius 1 is 1.50 bits per heavy atom. The molecule has 0 aliphatic carbocycles. The summed E-state index contributed by atoms with van der Waals surface area (Å²) in [6.45, 7) is 5.55. The monoisotopic (exact) mass is 293 g/mol. The lowest BCUT2D eigenvalue weighted by molar-refractivity contribution is 0.0848. The second-order valence-electron chi connectivity index (χ2n) is 5.24. The lowest BCUT2D eigenvalue weighted by Gasteiger charge is -2.37. The first-order valence-corrected chi connectivity index (χ1v) is 7.77. The van der Waals surface area contributed by atoms with E-state index in [0.29, 0.717) is 11.7 Å². The number of thiazole rings is 1. The molecule has 1 N–H and O–H groups in total. The zero-order valence-corrected chi connectivity index (χ0v) is 12.6. The molecule has 0 saturated carbocycles. The number of fused-ring (bicyclic) bond motifs is 1. The number of aliphatic hydroxyl groups excluding tert-OH is 1. The van der Waals surface area contributed by atoms with Gasteiger partial charge >= 0.3 is 0 Å². The minimum Gasteiger partial charge on any atom is -0.623 e. The highest BCUT2D eigenvalue weighted by Crippen LogP contribution is 2.37. The van der Waals surface area contributed by atoms with Gasteiger partial charge in [0, 0.05) is 6.54 Å². The van der Waals surface area contributed by atoms with Crippen molar-refractivity contribution < 1.29 is 5.11 Å². The van der Waals surface area contributed by atoms with Crippen LogP contribution >= 0.6 is 11.3 Å². The average Bonchev–Trinajstić information content (AvgIpc) is 3.00. The quantitative estimate of drug-likeness (QED) is 0.696. The first kappa shape index (κ1) is 13.9. The molecule has 2 unspecified atom stereocenters. The van der Waals surface area contributed by atoms with Crippen molar-refractivity contribution in [3.05, 3.63) is 29.0 Å². The number of quaternary nitrogens is 1. The zero-order chi connectivity index (χ0) is 14.3. The number of benzene rings is 1. The van der Waals surface area contributed by atoms with Gasteiger partial charge in [0.1, 0.15) is 6.67 Å². The normalized spacial score (nSPS) is 27.5. The predicted molar refractivity (Wildman–Crippen MR) is 82.3 cm³/mol. The number of nitrogens with zero attached hydrogens (tertiary/aromatic N) is 3. The van der Waals surface area contributed by atoms with Crippen LogP contribution in [-0.2, 0) is 6.42 Å². The predicted octanol–water partition coefficient (Wildman–Crippen LogP) is 2.28. The Balaban J connectivity index is 2.01. The van der Waals surface area contributed by atoms with Crippen molar-refractivity contribution in [3.63, 3.8) is 0 Å². The first-order valence-electron chi connectivity index (χ1n) is 6.96. The lowest BCUT2D eigenvalue weighted by atomic mass is 10.2. The first-order chi connectivity index (χ1) is 9.56. The number of aryl methyl sites for hydroxylation is 1. The summed E-state index contributed by atoms with van der Waals surface area (Å²) < 4.78 is 0.266. The van der Waals surface area contributed by atoms with Crippen LogP contribution in [0.15, 0.2) is 18.2 Å². The van der Waals surface area contributed by atoms with Gasteiger partial charge in [-0.2, -0.15) is 4.98 Å². The van der Waals surface area contributed by atoms with Crippen LogP contribution in [0.2, 0.25) is 0 Å². The number of hydroxylamine groups is 2. The van der Waals surface area contributed by atoms with Gasteiger partial charge in [0.25, 0.3) is 5.13 Å². The second kappa shape index (κ2) is 5.05. The molecule has 2 aromatic rings. The van der Waals surface area contributed by atoms with Crippen molar-refractivity contribution in [1.29, 1.82) is 0 Å². The summed E-state index contributed by atoms with van der Waals surface area (Å²) in [4.78, 5) is 6.45. The number of hydrogen-bond acceptors (Lipinski definition) is 5. The van der Waals surface area contributed by atoms with E-state index in [0.717, 1.165) is 23.2 Å². The van der Waals surface area contributed by atoms with Crippen molar-refractivity contribution in [2.24, 2.45) is 0 Å². The van der Waals surface area contributed by atoms with E-state index in [9.17, 15) is 10.3 Å². The van der Waals surface area contributed by atoms with Crippen LogP contribution in [-0.4, -0.2) is 41.0 Å². The summed E-state index contributed by atoms with van der Waals surface area (Å²) in [5.41, 5.74) is 2.07. The van der Waals surface area contributed by atoms with Crippen molar-refractivity contribution in [2.75, 3.05) is 19.8 Å². The number of aromatic nitrogens is 1. The van der Waals surface area contributed by atoms with Gasteiger partial charge in [0.2, 0.25) is 6.23 Å². The highest BCUT2D eigenvalue weighted by molar-refractivity contribution is 7.22. The van der Waals surface area contributed by atoms with E-state index < -0.39 is 10.9 Å². The molecule has 1 saturated heterocycles. The second-order valence-corrected chi connectivity index (χ2v) is 6.25. The number of aliphatic hydroxyl groups is 1. The van der Waals surface area contributed by atoms with Crippen LogP contribution in [0, 0.1) is 5.21 Å². The van der Waals surface area contributed by atoms with Gasteiger partial charge in [-0.25, -0.2) is 4.90 Å². The van der Waals surface area contributed by atoms with Gasteiger partial charge < -0.3 is 10.3 Å². The molecule has 0 bridgehead atoms. The summed E-state index contributed by atoms with van der Waals surface area (Å²) in [5, 5.41) is 23.5. The van der Waals surface area contributed by atoms with Gasteiger partial charge in [-0.15, -0.1) is 0 Å². The number of rotatable bonds is 3. The van der Waals surface area contributed by atoms with Crippen LogP contribution in [0.1, 0.15) is 19.4 Å². The van der Waals surface area contributed by atoms with Crippen molar-refractivity contribution in [2.45, 2.75) is 26.5 Å². The van der Waals surface area contributed by atoms with Gasteiger partial charge in [-0.05, 0) is 24.1 Å². The Labute approximate surface area is 122 Å². The maximum absolute atomic E-state index is 12.9. The van der Waals surface area contributed by atoms with Gasteiger partial charge in [0.05, 0.1) is 16.8 Å². The summed E-state index contributed by atoms with van der Waals surface area (Å²) in [5.74, 6) is 0. The largest absolute Gasteiger partial charge is 0.623 e. The van der Waals surface area contributed by atoms with Crippen LogP contribution < -0.4 is 4.65 Å². The SMILES string of the molecule is CCc1ccc2sc([N+]3([O-])CN(CC)CC3O)nc2c1. The minimum absolute atomic E-state index is 0.276. The fourth-order valence-electron chi connectivity index (χ4n) is 2.57. The van der Waals surface area contributed by atoms with Crippen molar-refractivity contribution in [1.82, 2.24) is 14.5 Å². The third-order valence-corrected chi connectivity index (χ3v) is 5.08. The minimum atomic E-state index is -0.943. The molecule has 1 aromatic carbocycles. The molecular weight excluding hydrogens is 274 g/mol. The Morgan fingerprint density at radius 3 is 2.95 bits per heavy atom. The molecule has 20 heavy (non-hydrogen) atoms. The van der Waals surface area contributed by atoms with Crippen molar-refractivity contribution >= 4 is 26.7 Å². The molecule has 0 spiro atoms. The number of hydrogen-bond donors (Lipinski definition) is 1. The van der Waals surface area contributed by atoms with Crippen molar-refractivity contribution in [3.8, 4) is 0 Å².